The maximum Gasteiger partial charge on any atom is 0.220 e. The van der Waals surface area contributed by atoms with Crippen LogP contribution in [0.25, 0.3) is 0 Å². The quantitative estimate of drug-likeness (QED) is 0.286. The minimum absolute atomic E-state index is 0.0172. The second-order valence-corrected chi connectivity index (χ2v) is 11.4. The molecule has 4 aromatic rings. The molecule has 2 aromatic heterocycles. The van der Waals surface area contributed by atoms with E-state index in [9.17, 15) is 10.2 Å². The van der Waals surface area contributed by atoms with E-state index in [2.05, 4.69) is 10.1 Å². The number of fused-ring (bicyclic) bond motifs is 1. The van der Waals surface area contributed by atoms with Gasteiger partial charge in [-0.3, -0.25) is 9.67 Å². The summed E-state index contributed by atoms with van der Waals surface area (Å²) in [6, 6.07) is 19.3. The Kier molecular flexibility index (Phi) is 6.79. The van der Waals surface area contributed by atoms with Gasteiger partial charge in [0.15, 0.2) is 5.72 Å². The van der Waals surface area contributed by atoms with E-state index in [1.165, 1.54) is 4.90 Å². The van der Waals surface area contributed by atoms with Gasteiger partial charge in [-0.1, -0.05) is 54.1 Å². The molecule has 3 heterocycles. The highest BCUT2D eigenvalue weighted by Gasteiger charge is 2.64. The lowest BCUT2D eigenvalue weighted by Crippen LogP contribution is -2.58. The lowest BCUT2D eigenvalue weighted by molar-refractivity contribution is -0.267. The van der Waals surface area contributed by atoms with Gasteiger partial charge in [0.1, 0.15) is 6.23 Å². The Morgan fingerprint density at radius 2 is 1.75 bits per heavy atom. The Labute approximate surface area is 237 Å². The maximum absolute atomic E-state index is 18.2. The highest BCUT2D eigenvalue weighted by atomic mass is 35.5. The number of rotatable bonds is 9. The van der Waals surface area contributed by atoms with E-state index >= 15 is 4.39 Å². The molecule has 0 bridgehead atoms. The molecule has 0 saturated heterocycles. The Balaban J connectivity index is 1.56. The molecule has 0 spiro atoms. The van der Waals surface area contributed by atoms with Gasteiger partial charge in [-0.25, -0.2) is 9.29 Å². The van der Waals surface area contributed by atoms with Crippen LogP contribution in [0.2, 0.25) is 5.02 Å². The Bertz CT molecular complexity index is 1510. The SMILES string of the molecule is Cc1ccc(CC2(OCC3(O)CC3)c3ccccc3[C@](F)(c3ccc(Cl)cc3)N2C(O)Cc2ccn(C)n2)nc1. The predicted octanol–water partition coefficient (Wildman–Crippen LogP) is 4.76. The van der Waals surface area contributed by atoms with Crippen LogP contribution in [0, 0.1) is 6.92 Å². The molecule has 2 unspecified atom stereocenters. The first-order valence-electron chi connectivity index (χ1n) is 13.4. The van der Waals surface area contributed by atoms with Gasteiger partial charge in [-0.05, 0) is 49.6 Å². The summed E-state index contributed by atoms with van der Waals surface area (Å²) in [5, 5.41) is 27.7. The van der Waals surface area contributed by atoms with Gasteiger partial charge in [0.05, 0.1) is 17.9 Å². The molecule has 9 heteroatoms. The third kappa shape index (κ3) is 4.74. The van der Waals surface area contributed by atoms with Crippen LogP contribution in [0.3, 0.4) is 0 Å². The molecule has 7 nitrogen and oxygen atoms in total. The van der Waals surface area contributed by atoms with Crippen LogP contribution < -0.4 is 0 Å². The number of nitrogens with zero attached hydrogens (tertiary/aromatic N) is 4. The normalized spacial score (nSPS) is 24.1. The number of aryl methyl sites for hydroxylation is 2. The van der Waals surface area contributed by atoms with Gasteiger partial charge >= 0.3 is 0 Å². The first-order chi connectivity index (χ1) is 19.1. The molecule has 208 valence electrons. The van der Waals surface area contributed by atoms with Gasteiger partial charge in [0, 0.05) is 59.7 Å². The summed E-state index contributed by atoms with van der Waals surface area (Å²) in [7, 11) is 1.79. The van der Waals surface area contributed by atoms with E-state index in [0.717, 1.165) is 5.56 Å². The highest BCUT2D eigenvalue weighted by Crippen LogP contribution is 2.57. The van der Waals surface area contributed by atoms with Crippen molar-refractivity contribution in [2.75, 3.05) is 6.61 Å². The number of aromatic nitrogens is 3. The molecule has 0 radical (unpaired) electrons. The fourth-order valence-electron chi connectivity index (χ4n) is 5.65. The molecule has 1 aliphatic carbocycles. The summed E-state index contributed by atoms with van der Waals surface area (Å²) in [5.41, 5.74) is 1.00. The number of ether oxygens (including phenoxy) is 1. The number of halogens is 2. The Morgan fingerprint density at radius 1 is 1.02 bits per heavy atom. The van der Waals surface area contributed by atoms with Crippen molar-refractivity contribution in [3.05, 3.63) is 118 Å². The molecule has 3 atom stereocenters. The molecular weight excluding hydrogens is 531 g/mol. The van der Waals surface area contributed by atoms with Crippen LogP contribution in [0.5, 0.6) is 0 Å². The molecule has 2 aliphatic rings. The molecule has 2 aromatic carbocycles. The number of aliphatic hydroxyl groups is 2. The van der Waals surface area contributed by atoms with Gasteiger partial charge in [0.25, 0.3) is 0 Å². The van der Waals surface area contributed by atoms with Crippen LogP contribution in [0.4, 0.5) is 4.39 Å². The van der Waals surface area contributed by atoms with Crippen molar-refractivity contribution >= 4 is 11.6 Å². The average Bonchev–Trinajstić information content (AvgIpc) is 3.47. The summed E-state index contributed by atoms with van der Waals surface area (Å²) in [6.07, 6.45) is 3.57. The first-order valence-corrected chi connectivity index (χ1v) is 13.8. The molecule has 1 saturated carbocycles. The van der Waals surface area contributed by atoms with Gasteiger partial charge in [0.2, 0.25) is 5.79 Å². The zero-order chi connectivity index (χ0) is 28.1. The topological polar surface area (TPSA) is 83.6 Å². The Morgan fingerprint density at radius 3 is 2.38 bits per heavy atom. The molecule has 1 fully saturated rings. The van der Waals surface area contributed by atoms with Crippen molar-refractivity contribution in [3.63, 3.8) is 0 Å². The van der Waals surface area contributed by atoms with E-state index in [1.807, 2.05) is 31.2 Å². The van der Waals surface area contributed by atoms with Crippen molar-refractivity contribution in [1.29, 1.82) is 0 Å². The van der Waals surface area contributed by atoms with Crippen LogP contribution in [-0.2, 0) is 36.1 Å². The Hall–Kier alpha value is -3.14. The molecule has 1 aliphatic heterocycles. The summed E-state index contributed by atoms with van der Waals surface area (Å²) in [4.78, 5) is 6.03. The highest BCUT2D eigenvalue weighted by molar-refractivity contribution is 6.30. The largest absolute Gasteiger partial charge is 0.387 e. The number of hydrogen-bond acceptors (Lipinski definition) is 6. The van der Waals surface area contributed by atoms with Crippen molar-refractivity contribution in [2.45, 2.75) is 56.0 Å². The molecular formula is C31H32ClFN4O3. The number of alkyl halides is 1. The zero-order valence-corrected chi connectivity index (χ0v) is 23.2. The van der Waals surface area contributed by atoms with Crippen LogP contribution in [0.15, 0.2) is 79.1 Å². The lowest BCUT2D eigenvalue weighted by Gasteiger charge is -2.46. The van der Waals surface area contributed by atoms with Crippen LogP contribution in [0.1, 0.15) is 46.5 Å². The van der Waals surface area contributed by atoms with E-state index in [-0.39, 0.29) is 19.4 Å². The van der Waals surface area contributed by atoms with Crippen molar-refractivity contribution in [1.82, 2.24) is 19.7 Å². The number of aliphatic hydroxyl groups excluding tert-OH is 1. The molecule has 2 N–H and O–H groups in total. The smallest absolute Gasteiger partial charge is 0.220 e. The third-order valence-electron chi connectivity index (χ3n) is 7.91. The van der Waals surface area contributed by atoms with Crippen LogP contribution in [-0.4, -0.2) is 48.3 Å². The summed E-state index contributed by atoms with van der Waals surface area (Å²) < 4.78 is 26.5. The maximum atomic E-state index is 18.2. The van der Waals surface area contributed by atoms with Crippen LogP contribution >= 0.6 is 11.6 Å². The first kappa shape index (κ1) is 27.1. The van der Waals surface area contributed by atoms with E-state index < -0.39 is 23.3 Å². The van der Waals surface area contributed by atoms with E-state index in [4.69, 9.17) is 16.3 Å². The van der Waals surface area contributed by atoms with Gasteiger partial charge in [-0.2, -0.15) is 5.10 Å². The second kappa shape index (κ2) is 10.0. The monoisotopic (exact) mass is 562 g/mol. The van der Waals surface area contributed by atoms with E-state index in [1.54, 1.807) is 66.6 Å². The fraction of sp³-hybridized carbons (Fsp3) is 0.355. The summed E-state index contributed by atoms with van der Waals surface area (Å²) >= 11 is 6.20. The lowest BCUT2D eigenvalue weighted by atomic mass is 9.93. The fourth-order valence-corrected chi connectivity index (χ4v) is 5.78. The van der Waals surface area contributed by atoms with Crippen molar-refractivity contribution in [2.24, 2.45) is 7.05 Å². The minimum atomic E-state index is -2.30. The summed E-state index contributed by atoms with van der Waals surface area (Å²) in [5.74, 6) is -2.30. The zero-order valence-electron chi connectivity index (χ0n) is 22.5. The number of benzene rings is 2. The second-order valence-electron chi connectivity index (χ2n) is 11.0. The standard InChI is InChI=1S/C31H32ClFN4O3/c1-21-7-12-25(34-19-21)18-30(40-20-29(39)14-15-29)26-5-3-4-6-27(26)31(33,22-8-10-23(32)11-9-22)37(30)28(38)17-24-13-16-36(2)35-24/h3-13,16,19,28,38-39H,14-15,17-18,20H2,1-2H3/t28?,30?,31-/m0/s1. The van der Waals surface area contributed by atoms with Gasteiger partial charge < -0.3 is 14.9 Å². The average molecular weight is 563 g/mol. The van der Waals surface area contributed by atoms with Crippen molar-refractivity contribution in [3.8, 4) is 0 Å². The predicted molar refractivity (Wildman–Crippen MR) is 149 cm³/mol. The number of hydrogen-bond donors (Lipinski definition) is 2. The summed E-state index contributed by atoms with van der Waals surface area (Å²) in [6.45, 7) is 1.93. The van der Waals surface area contributed by atoms with Crippen molar-refractivity contribution < 1.29 is 19.3 Å². The van der Waals surface area contributed by atoms with E-state index in [0.29, 0.717) is 45.9 Å². The molecule has 40 heavy (non-hydrogen) atoms. The minimum Gasteiger partial charge on any atom is -0.387 e. The van der Waals surface area contributed by atoms with Gasteiger partial charge in [-0.15, -0.1) is 0 Å². The molecule has 6 rings (SSSR count). The third-order valence-corrected chi connectivity index (χ3v) is 8.16. The number of pyridine rings is 1. The molecule has 0 amide bonds.